The summed E-state index contributed by atoms with van der Waals surface area (Å²) in [4.78, 5) is 19.1. The number of hydrogen-bond donors (Lipinski definition) is 1. The number of amides is 1. The molecule has 2 saturated heterocycles. The zero-order chi connectivity index (χ0) is 17.9. The van der Waals surface area contributed by atoms with Gasteiger partial charge in [-0.1, -0.05) is 12.1 Å². The predicted molar refractivity (Wildman–Crippen MR) is 97.9 cm³/mol. The van der Waals surface area contributed by atoms with E-state index >= 15 is 0 Å². The van der Waals surface area contributed by atoms with Crippen molar-refractivity contribution in [2.45, 2.75) is 25.2 Å². The van der Waals surface area contributed by atoms with E-state index in [1.165, 1.54) is 5.56 Å². The lowest BCUT2D eigenvalue weighted by Gasteiger charge is -2.32. The maximum absolute atomic E-state index is 12.6. The van der Waals surface area contributed by atoms with Gasteiger partial charge in [0.05, 0.1) is 37.1 Å². The van der Waals surface area contributed by atoms with Crippen molar-refractivity contribution in [1.29, 1.82) is 0 Å². The van der Waals surface area contributed by atoms with E-state index in [-0.39, 0.29) is 24.0 Å². The Morgan fingerprint density at radius 2 is 2.15 bits per heavy atom. The summed E-state index contributed by atoms with van der Waals surface area (Å²) in [5, 5.41) is 2.96. The van der Waals surface area contributed by atoms with E-state index in [2.05, 4.69) is 27.3 Å². The second kappa shape index (κ2) is 7.43. The molecule has 0 spiro atoms. The van der Waals surface area contributed by atoms with Crippen molar-refractivity contribution in [2.75, 3.05) is 25.5 Å². The Morgan fingerprint density at radius 3 is 2.88 bits per heavy atom. The molecule has 0 saturated carbocycles. The average molecular weight is 353 g/mol. The second-order valence-corrected chi connectivity index (χ2v) is 6.91. The number of fused-ring (bicyclic) bond motifs is 2. The Morgan fingerprint density at radius 1 is 1.31 bits per heavy atom. The molecule has 6 nitrogen and oxygen atoms in total. The van der Waals surface area contributed by atoms with Crippen molar-refractivity contribution in [3.63, 3.8) is 0 Å². The van der Waals surface area contributed by atoms with Crippen LogP contribution >= 0.6 is 0 Å². The molecule has 136 valence electrons. The summed E-state index contributed by atoms with van der Waals surface area (Å²) in [5.41, 5.74) is 1.97. The number of aromatic nitrogens is 1. The zero-order valence-electron chi connectivity index (χ0n) is 14.8. The molecular weight excluding hydrogens is 330 g/mol. The van der Waals surface area contributed by atoms with E-state index in [1.807, 2.05) is 24.3 Å². The van der Waals surface area contributed by atoms with Gasteiger partial charge >= 0.3 is 0 Å². The molecule has 1 amide bonds. The number of ether oxygens (including phenoxy) is 2. The summed E-state index contributed by atoms with van der Waals surface area (Å²) >= 11 is 0. The molecule has 0 radical (unpaired) electrons. The van der Waals surface area contributed by atoms with Crippen LogP contribution in [0, 0.1) is 5.92 Å². The van der Waals surface area contributed by atoms with Gasteiger partial charge in [-0.25, -0.2) is 0 Å². The van der Waals surface area contributed by atoms with Gasteiger partial charge in [0.2, 0.25) is 5.91 Å². The van der Waals surface area contributed by atoms with Gasteiger partial charge in [0.15, 0.2) is 0 Å². The quantitative estimate of drug-likeness (QED) is 0.894. The van der Waals surface area contributed by atoms with Crippen LogP contribution in [0.3, 0.4) is 0 Å². The maximum Gasteiger partial charge on any atom is 0.230 e. The minimum atomic E-state index is -0.110. The van der Waals surface area contributed by atoms with Gasteiger partial charge in [-0.05, 0) is 36.2 Å². The fourth-order valence-corrected chi connectivity index (χ4v) is 3.80. The van der Waals surface area contributed by atoms with Gasteiger partial charge in [-0.3, -0.25) is 14.7 Å². The Hall–Kier alpha value is -2.44. The summed E-state index contributed by atoms with van der Waals surface area (Å²) in [6.07, 6.45) is 4.20. The monoisotopic (exact) mass is 353 g/mol. The molecule has 2 aliphatic rings. The Labute approximate surface area is 153 Å². The SMILES string of the molecule is COc1ccc(CN2C[C@@H]3C[C@H](C(=O)Nc4cccnc4)[C@H](C2)O3)cc1. The van der Waals surface area contributed by atoms with Crippen molar-refractivity contribution in [2.24, 2.45) is 5.92 Å². The Bertz CT molecular complexity index is 751. The highest BCUT2D eigenvalue weighted by Gasteiger charge is 2.44. The molecule has 0 aliphatic carbocycles. The van der Waals surface area contributed by atoms with E-state index in [9.17, 15) is 4.79 Å². The van der Waals surface area contributed by atoms with Crippen molar-refractivity contribution in [3.05, 3.63) is 54.4 Å². The van der Waals surface area contributed by atoms with Gasteiger partial charge in [0.25, 0.3) is 0 Å². The fraction of sp³-hybridized carbons (Fsp3) is 0.400. The Kier molecular flexibility index (Phi) is 4.86. The number of hydrogen-bond acceptors (Lipinski definition) is 5. The third kappa shape index (κ3) is 3.71. The van der Waals surface area contributed by atoms with Crippen molar-refractivity contribution in [3.8, 4) is 5.75 Å². The Balaban J connectivity index is 1.37. The van der Waals surface area contributed by atoms with E-state index in [4.69, 9.17) is 9.47 Å². The topological polar surface area (TPSA) is 63.7 Å². The number of morpholine rings is 1. The first-order valence-corrected chi connectivity index (χ1v) is 8.93. The summed E-state index contributed by atoms with van der Waals surface area (Å²) < 4.78 is 11.2. The van der Waals surface area contributed by atoms with E-state index in [1.54, 1.807) is 19.5 Å². The van der Waals surface area contributed by atoms with Crippen LogP contribution in [0.1, 0.15) is 12.0 Å². The first kappa shape index (κ1) is 17.0. The van der Waals surface area contributed by atoms with Crippen LogP contribution in [0.4, 0.5) is 5.69 Å². The minimum Gasteiger partial charge on any atom is -0.497 e. The molecule has 26 heavy (non-hydrogen) atoms. The zero-order valence-corrected chi connectivity index (χ0v) is 14.8. The van der Waals surface area contributed by atoms with Gasteiger partial charge in [-0.15, -0.1) is 0 Å². The van der Waals surface area contributed by atoms with Crippen LogP contribution in [0.5, 0.6) is 5.75 Å². The first-order valence-electron chi connectivity index (χ1n) is 8.93. The molecule has 1 N–H and O–H groups in total. The number of nitrogens with one attached hydrogen (secondary N) is 1. The standard InChI is InChI=1S/C20H23N3O3/c1-25-16-6-4-14(5-7-16)11-23-12-17-9-18(19(13-23)26-17)20(24)22-15-3-2-8-21-10-15/h2-8,10,17-19H,9,11-13H2,1H3,(H,22,24)/t17-,18-,19-/m0/s1. The van der Waals surface area contributed by atoms with Gasteiger partial charge in [-0.2, -0.15) is 0 Å². The molecule has 0 unspecified atom stereocenters. The summed E-state index contributed by atoms with van der Waals surface area (Å²) in [5.74, 6) is 0.779. The molecule has 3 heterocycles. The third-order valence-corrected chi connectivity index (χ3v) is 5.06. The maximum atomic E-state index is 12.6. The molecule has 2 aromatic rings. The van der Waals surface area contributed by atoms with E-state index in [0.29, 0.717) is 0 Å². The summed E-state index contributed by atoms with van der Waals surface area (Å²) in [6.45, 7) is 2.49. The first-order chi connectivity index (χ1) is 12.7. The van der Waals surface area contributed by atoms with Crippen LogP contribution in [-0.4, -0.2) is 48.2 Å². The number of nitrogens with zero attached hydrogens (tertiary/aromatic N) is 2. The van der Waals surface area contributed by atoms with E-state index in [0.717, 1.165) is 37.5 Å². The third-order valence-electron chi connectivity index (χ3n) is 5.06. The summed E-state index contributed by atoms with van der Waals surface area (Å²) in [7, 11) is 1.67. The summed E-state index contributed by atoms with van der Waals surface area (Å²) in [6, 6.07) is 11.8. The molecule has 1 aromatic heterocycles. The van der Waals surface area contributed by atoms with Crippen LogP contribution in [0.15, 0.2) is 48.8 Å². The lowest BCUT2D eigenvalue weighted by Crippen LogP contribution is -2.44. The number of carbonyl (C=O) groups is 1. The molecule has 1 aromatic carbocycles. The normalized spacial score (nSPS) is 25.0. The van der Waals surface area contributed by atoms with Crippen LogP contribution in [0.2, 0.25) is 0 Å². The molecule has 4 rings (SSSR count). The lowest BCUT2D eigenvalue weighted by molar-refractivity contribution is -0.123. The molecule has 6 heteroatoms. The number of methoxy groups -OCH3 is 1. The molecular formula is C20H23N3O3. The van der Waals surface area contributed by atoms with Crippen molar-refractivity contribution >= 4 is 11.6 Å². The van der Waals surface area contributed by atoms with Crippen molar-refractivity contribution < 1.29 is 14.3 Å². The highest BCUT2D eigenvalue weighted by Crippen LogP contribution is 2.33. The minimum absolute atomic E-state index is 0.0248. The molecule has 2 bridgehead atoms. The lowest BCUT2D eigenvalue weighted by atomic mass is 9.99. The number of likely N-dealkylation sites (tertiary alicyclic amines) is 1. The number of benzene rings is 1. The number of pyridine rings is 1. The van der Waals surface area contributed by atoms with E-state index < -0.39 is 0 Å². The van der Waals surface area contributed by atoms with Crippen LogP contribution in [-0.2, 0) is 16.1 Å². The van der Waals surface area contributed by atoms with Crippen LogP contribution < -0.4 is 10.1 Å². The fourth-order valence-electron chi connectivity index (χ4n) is 3.80. The van der Waals surface area contributed by atoms with Gasteiger partial charge < -0.3 is 14.8 Å². The number of rotatable bonds is 5. The molecule has 2 aliphatic heterocycles. The number of carbonyl (C=O) groups excluding carboxylic acids is 1. The predicted octanol–water partition coefficient (Wildman–Crippen LogP) is 2.32. The average Bonchev–Trinajstić information content (AvgIpc) is 2.97. The molecule has 3 atom stereocenters. The largest absolute Gasteiger partial charge is 0.497 e. The smallest absolute Gasteiger partial charge is 0.230 e. The number of anilines is 1. The highest BCUT2D eigenvalue weighted by atomic mass is 16.5. The van der Waals surface area contributed by atoms with Gasteiger partial charge in [0.1, 0.15) is 5.75 Å². The van der Waals surface area contributed by atoms with Crippen molar-refractivity contribution in [1.82, 2.24) is 9.88 Å². The van der Waals surface area contributed by atoms with Gasteiger partial charge in [0, 0.05) is 25.8 Å². The molecule has 2 fully saturated rings. The van der Waals surface area contributed by atoms with Crippen LogP contribution in [0.25, 0.3) is 0 Å². The highest BCUT2D eigenvalue weighted by molar-refractivity contribution is 5.93. The second-order valence-electron chi connectivity index (χ2n) is 6.91.